The van der Waals surface area contributed by atoms with E-state index in [1.54, 1.807) is 0 Å². The quantitative estimate of drug-likeness (QED) is 0.687. The molecule has 94 valence electrons. The lowest BCUT2D eigenvalue weighted by Crippen LogP contribution is -2.02. The third-order valence-electron chi connectivity index (χ3n) is 3.31. The van der Waals surface area contributed by atoms with E-state index in [-0.39, 0.29) is 0 Å². The summed E-state index contributed by atoms with van der Waals surface area (Å²) in [5.74, 6) is 0. The van der Waals surface area contributed by atoms with Gasteiger partial charge in [-0.05, 0) is 23.1 Å². The highest BCUT2D eigenvalue weighted by molar-refractivity contribution is 5.93. The monoisotopic (exact) mass is 248 g/mol. The maximum atomic E-state index is 5.96. The summed E-state index contributed by atoms with van der Waals surface area (Å²) in [7, 11) is 0. The highest BCUT2D eigenvalue weighted by atomic mass is 14.9. The van der Waals surface area contributed by atoms with Crippen LogP contribution in [0, 0.1) is 0 Å². The molecule has 0 radical (unpaired) electrons. The lowest BCUT2D eigenvalue weighted by Gasteiger charge is -2.11. The van der Waals surface area contributed by atoms with Crippen molar-refractivity contribution in [3.8, 4) is 0 Å². The second kappa shape index (κ2) is 5.02. The standard InChI is InChI=1S/C17H16N2/c18-16-10-4-2-7-14(16)12-19-17-11-5-8-13-6-1-3-9-15(13)17/h1-11,19H,12,18H2. The number of para-hydroxylation sites is 1. The molecule has 0 fully saturated rings. The lowest BCUT2D eigenvalue weighted by atomic mass is 10.1. The van der Waals surface area contributed by atoms with Gasteiger partial charge in [0.2, 0.25) is 0 Å². The smallest absolute Gasteiger partial charge is 0.0422 e. The molecule has 0 saturated heterocycles. The van der Waals surface area contributed by atoms with Gasteiger partial charge in [0.05, 0.1) is 0 Å². The summed E-state index contributed by atoms with van der Waals surface area (Å²) in [4.78, 5) is 0. The Balaban J connectivity index is 1.88. The number of nitrogen functional groups attached to an aromatic ring is 1. The molecule has 0 aromatic heterocycles. The van der Waals surface area contributed by atoms with Gasteiger partial charge in [-0.1, -0.05) is 54.6 Å². The average Bonchev–Trinajstić information content (AvgIpc) is 2.46. The topological polar surface area (TPSA) is 38.0 Å². The van der Waals surface area contributed by atoms with Gasteiger partial charge in [-0.15, -0.1) is 0 Å². The number of nitrogens with one attached hydrogen (secondary N) is 1. The van der Waals surface area contributed by atoms with Crippen molar-refractivity contribution in [3.05, 3.63) is 72.3 Å². The van der Waals surface area contributed by atoms with Gasteiger partial charge >= 0.3 is 0 Å². The van der Waals surface area contributed by atoms with Crippen molar-refractivity contribution in [1.29, 1.82) is 0 Å². The van der Waals surface area contributed by atoms with Crippen LogP contribution in [0.2, 0.25) is 0 Å². The van der Waals surface area contributed by atoms with Crippen molar-refractivity contribution < 1.29 is 0 Å². The van der Waals surface area contributed by atoms with Crippen LogP contribution < -0.4 is 11.1 Å². The number of rotatable bonds is 3. The molecule has 3 N–H and O–H groups in total. The zero-order valence-electron chi connectivity index (χ0n) is 10.6. The van der Waals surface area contributed by atoms with Gasteiger partial charge in [-0.3, -0.25) is 0 Å². The molecule has 0 atom stereocenters. The molecule has 19 heavy (non-hydrogen) atoms. The summed E-state index contributed by atoms with van der Waals surface area (Å²) in [6.45, 7) is 0.737. The molecule has 3 aromatic carbocycles. The first-order valence-corrected chi connectivity index (χ1v) is 6.39. The van der Waals surface area contributed by atoms with Crippen LogP contribution >= 0.6 is 0 Å². The van der Waals surface area contributed by atoms with Gasteiger partial charge < -0.3 is 11.1 Å². The highest BCUT2D eigenvalue weighted by Gasteiger charge is 2.01. The van der Waals surface area contributed by atoms with E-state index in [1.165, 1.54) is 10.8 Å². The van der Waals surface area contributed by atoms with Gasteiger partial charge in [0.1, 0.15) is 0 Å². The predicted molar refractivity (Wildman–Crippen MR) is 82.1 cm³/mol. The van der Waals surface area contributed by atoms with Gasteiger partial charge in [0.25, 0.3) is 0 Å². The van der Waals surface area contributed by atoms with E-state index in [2.05, 4.69) is 47.8 Å². The van der Waals surface area contributed by atoms with Crippen LogP contribution in [-0.2, 0) is 6.54 Å². The number of nitrogens with two attached hydrogens (primary N) is 1. The van der Waals surface area contributed by atoms with Crippen LogP contribution in [0.4, 0.5) is 11.4 Å². The number of hydrogen-bond acceptors (Lipinski definition) is 2. The van der Waals surface area contributed by atoms with E-state index in [0.29, 0.717) is 0 Å². The second-order valence-corrected chi connectivity index (χ2v) is 4.58. The zero-order chi connectivity index (χ0) is 13.1. The average molecular weight is 248 g/mol. The van der Waals surface area contributed by atoms with Crippen LogP contribution in [0.3, 0.4) is 0 Å². The molecule has 3 rings (SSSR count). The van der Waals surface area contributed by atoms with Crippen molar-refractivity contribution >= 4 is 22.1 Å². The molecule has 2 heteroatoms. The summed E-state index contributed by atoms with van der Waals surface area (Å²) < 4.78 is 0. The van der Waals surface area contributed by atoms with Crippen LogP contribution in [0.25, 0.3) is 10.8 Å². The third kappa shape index (κ3) is 2.38. The fourth-order valence-corrected chi connectivity index (χ4v) is 2.27. The first-order chi connectivity index (χ1) is 9.34. The zero-order valence-corrected chi connectivity index (χ0v) is 10.6. The Kier molecular flexibility index (Phi) is 3.07. The van der Waals surface area contributed by atoms with E-state index in [4.69, 9.17) is 5.73 Å². The third-order valence-corrected chi connectivity index (χ3v) is 3.31. The molecule has 0 spiro atoms. The largest absolute Gasteiger partial charge is 0.398 e. The highest BCUT2D eigenvalue weighted by Crippen LogP contribution is 2.24. The fourth-order valence-electron chi connectivity index (χ4n) is 2.27. The molecule has 0 bridgehead atoms. The molecule has 0 saturated carbocycles. The number of anilines is 2. The van der Waals surface area contributed by atoms with Crippen molar-refractivity contribution in [2.75, 3.05) is 11.1 Å². The maximum absolute atomic E-state index is 5.96. The van der Waals surface area contributed by atoms with Crippen LogP contribution in [-0.4, -0.2) is 0 Å². The van der Waals surface area contributed by atoms with E-state index in [1.807, 2.05) is 24.3 Å². The first-order valence-electron chi connectivity index (χ1n) is 6.39. The Labute approximate surface area is 112 Å². The van der Waals surface area contributed by atoms with Crippen molar-refractivity contribution in [2.24, 2.45) is 0 Å². The Bertz CT molecular complexity index is 699. The summed E-state index contributed by atoms with van der Waals surface area (Å²) in [5, 5.41) is 5.94. The van der Waals surface area contributed by atoms with E-state index < -0.39 is 0 Å². The Morgan fingerprint density at radius 1 is 0.789 bits per heavy atom. The minimum atomic E-state index is 0.737. The molecule has 0 unspecified atom stereocenters. The minimum absolute atomic E-state index is 0.737. The summed E-state index contributed by atoms with van der Waals surface area (Å²) in [5.41, 5.74) is 9.05. The Hall–Kier alpha value is -2.48. The van der Waals surface area contributed by atoms with Gasteiger partial charge in [-0.25, -0.2) is 0 Å². The number of fused-ring (bicyclic) bond motifs is 1. The van der Waals surface area contributed by atoms with Crippen molar-refractivity contribution in [1.82, 2.24) is 0 Å². The molecule has 0 amide bonds. The SMILES string of the molecule is Nc1ccccc1CNc1cccc2ccccc12. The van der Waals surface area contributed by atoms with E-state index in [0.717, 1.165) is 23.5 Å². The Morgan fingerprint density at radius 2 is 1.53 bits per heavy atom. The van der Waals surface area contributed by atoms with Crippen molar-refractivity contribution in [3.63, 3.8) is 0 Å². The summed E-state index contributed by atoms with van der Waals surface area (Å²) >= 11 is 0. The molecule has 3 aromatic rings. The van der Waals surface area contributed by atoms with Crippen molar-refractivity contribution in [2.45, 2.75) is 6.54 Å². The molecule has 0 heterocycles. The maximum Gasteiger partial charge on any atom is 0.0422 e. The van der Waals surface area contributed by atoms with Crippen LogP contribution in [0.5, 0.6) is 0 Å². The minimum Gasteiger partial charge on any atom is -0.398 e. The van der Waals surface area contributed by atoms with E-state index in [9.17, 15) is 0 Å². The summed E-state index contributed by atoms with van der Waals surface area (Å²) in [6, 6.07) is 22.6. The summed E-state index contributed by atoms with van der Waals surface area (Å²) in [6.07, 6.45) is 0. The predicted octanol–water partition coefficient (Wildman–Crippen LogP) is 4.03. The van der Waals surface area contributed by atoms with Gasteiger partial charge in [0.15, 0.2) is 0 Å². The molecular weight excluding hydrogens is 232 g/mol. The van der Waals surface area contributed by atoms with Crippen LogP contribution in [0.1, 0.15) is 5.56 Å². The van der Waals surface area contributed by atoms with E-state index >= 15 is 0 Å². The molecule has 0 aliphatic heterocycles. The van der Waals surface area contributed by atoms with Gasteiger partial charge in [0, 0.05) is 23.3 Å². The normalized spacial score (nSPS) is 10.5. The first kappa shape index (κ1) is 11.6. The number of benzene rings is 3. The molecule has 2 nitrogen and oxygen atoms in total. The second-order valence-electron chi connectivity index (χ2n) is 4.58. The molecular formula is C17H16N2. The Morgan fingerprint density at radius 3 is 2.42 bits per heavy atom. The number of hydrogen-bond donors (Lipinski definition) is 2. The van der Waals surface area contributed by atoms with Gasteiger partial charge in [-0.2, -0.15) is 0 Å². The van der Waals surface area contributed by atoms with Crippen LogP contribution in [0.15, 0.2) is 66.7 Å². The molecule has 0 aliphatic rings. The lowest BCUT2D eigenvalue weighted by molar-refractivity contribution is 1.16. The molecule has 0 aliphatic carbocycles. The fraction of sp³-hybridized carbons (Fsp3) is 0.0588.